The third-order valence-corrected chi connectivity index (χ3v) is 20.5. The molecule has 0 saturated heterocycles. The minimum absolute atomic E-state index is 0.113. The van der Waals surface area contributed by atoms with E-state index in [1.165, 1.54) is 99.3 Å². The molecule has 8 fully saturated rings. The smallest absolute Gasteiger partial charge is 0.126 e. The minimum Gasteiger partial charge on any atom is -0.496 e. The molecule has 10 rings (SSSR count). The maximum absolute atomic E-state index is 14.8. The summed E-state index contributed by atoms with van der Waals surface area (Å²) in [6.07, 6.45) is 17.8. The number of nitrogens with zero attached hydrogens (tertiary/aromatic N) is 1. The van der Waals surface area contributed by atoms with E-state index in [2.05, 4.69) is 110 Å². The molecule has 0 aliphatic heterocycles. The molecular formula is C47H70NO2PS. The molecule has 5 heteroatoms. The number of benzene rings is 2. The van der Waals surface area contributed by atoms with Gasteiger partial charge < -0.3 is 4.74 Å². The van der Waals surface area contributed by atoms with Crippen LogP contribution in [0.2, 0.25) is 0 Å². The third kappa shape index (κ3) is 6.41. The molecule has 0 heterocycles. The maximum atomic E-state index is 14.8. The highest BCUT2D eigenvalue weighted by atomic mass is 32.2. The molecule has 0 N–H and O–H groups in total. The van der Waals surface area contributed by atoms with Crippen LogP contribution in [0.1, 0.15) is 168 Å². The summed E-state index contributed by atoms with van der Waals surface area (Å²) in [5.74, 6) is 6.65. The lowest BCUT2D eigenvalue weighted by atomic mass is 9.55. The fourth-order valence-electron chi connectivity index (χ4n) is 13.9. The summed E-state index contributed by atoms with van der Waals surface area (Å²) in [5, 5.41) is 2.62. The first-order valence-corrected chi connectivity index (χ1v) is 23.5. The van der Waals surface area contributed by atoms with E-state index in [1.54, 1.807) is 5.30 Å². The van der Waals surface area contributed by atoms with Gasteiger partial charge in [0.15, 0.2) is 0 Å². The normalized spacial score (nSPS) is 35.6. The summed E-state index contributed by atoms with van der Waals surface area (Å²) in [7, 11) is 2.36. The number of methoxy groups -OCH3 is 1. The Morgan fingerprint density at radius 3 is 1.42 bits per heavy atom. The predicted molar refractivity (Wildman–Crippen MR) is 223 cm³/mol. The van der Waals surface area contributed by atoms with Gasteiger partial charge in [0.05, 0.1) is 17.9 Å². The van der Waals surface area contributed by atoms with Gasteiger partial charge in [-0.3, -0.25) is 0 Å². The van der Waals surface area contributed by atoms with E-state index >= 15 is 0 Å². The van der Waals surface area contributed by atoms with Gasteiger partial charge in [-0.25, -0.2) is 8.51 Å². The molecule has 8 bridgehead atoms. The van der Waals surface area contributed by atoms with Crippen molar-refractivity contribution in [2.45, 2.75) is 171 Å². The van der Waals surface area contributed by atoms with Crippen molar-refractivity contribution < 1.29 is 8.95 Å². The molecule has 2 atom stereocenters. The van der Waals surface area contributed by atoms with Crippen LogP contribution in [0.4, 0.5) is 0 Å². The number of hydrogen-bond acceptors (Lipinski definition) is 2. The van der Waals surface area contributed by atoms with Crippen molar-refractivity contribution in [2.75, 3.05) is 14.2 Å². The molecule has 0 aromatic heterocycles. The molecule has 0 spiro atoms. The largest absolute Gasteiger partial charge is 0.496 e. The first-order valence-electron chi connectivity index (χ1n) is 21.1. The molecule has 0 amide bonds. The highest BCUT2D eigenvalue weighted by Gasteiger charge is 2.63. The highest BCUT2D eigenvalue weighted by molar-refractivity contribution is 7.84. The van der Waals surface area contributed by atoms with Gasteiger partial charge in [-0.2, -0.15) is 0 Å². The van der Waals surface area contributed by atoms with Crippen molar-refractivity contribution in [3.63, 3.8) is 0 Å². The second kappa shape index (κ2) is 12.9. The molecule has 52 heavy (non-hydrogen) atoms. The fourth-order valence-corrected chi connectivity index (χ4v) is 20.5. The van der Waals surface area contributed by atoms with Crippen LogP contribution in [0.25, 0.3) is 0 Å². The second-order valence-electron chi connectivity index (χ2n) is 22.1. The Labute approximate surface area is 321 Å². The van der Waals surface area contributed by atoms with E-state index in [9.17, 15) is 4.21 Å². The number of hydrogen-bond donors (Lipinski definition) is 0. The van der Waals surface area contributed by atoms with E-state index in [-0.39, 0.29) is 21.6 Å². The molecule has 8 aliphatic rings. The van der Waals surface area contributed by atoms with E-state index in [4.69, 9.17) is 4.74 Å². The van der Waals surface area contributed by atoms with Crippen molar-refractivity contribution in [3.8, 4) is 5.75 Å². The lowest BCUT2D eigenvalue weighted by molar-refractivity contribution is 0.0195. The van der Waals surface area contributed by atoms with Crippen LogP contribution in [0.5, 0.6) is 5.75 Å². The first kappa shape index (κ1) is 37.7. The number of rotatable bonds is 8. The summed E-state index contributed by atoms with van der Waals surface area (Å²) in [6, 6.07) is 14.6. The Morgan fingerprint density at radius 2 is 1.08 bits per heavy atom. The van der Waals surface area contributed by atoms with Crippen LogP contribution in [0.15, 0.2) is 36.4 Å². The monoisotopic (exact) mass is 743 g/mol. The van der Waals surface area contributed by atoms with Gasteiger partial charge >= 0.3 is 0 Å². The van der Waals surface area contributed by atoms with E-state index in [0.29, 0.717) is 10.3 Å². The number of ether oxygens (including phenoxy) is 1. The van der Waals surface area contributed by atoms with Crippen LogP contribution >= 0.6 is 7.92 Å². The summed E-state index contributed by atoms with van der Waals surface area (Å²) >= 11 is 0. The van der Waals surface area contributed by atoms with Crippen LogP contribution in [-0.2, 0) is 21.8 Å². The SMILES string of the molecule is COc1c(C(C)(C)C)cc([C@H](c2ccccc2P(C23CC4CC(CC(C4)C2)C3)C23CC4CC(CC(C4)C2)C3)N(C)S(=O)C(C)(C)C)cc1C(C)(C)C. The summed E-state index contributed by atoms with van der Waals surface area (Å²) in [6.45, 7) is 20.4. The van der Waals surface area contributed by atoms with E-state index in [0.717, 1.165) is 41.3 Å². The average molecular weight is 744 g/mol. The van der Waals surface area contributed by atoms with Gasteiger partial charge in [0.25, 0.3) is 0 Å². The zero-order chi connectivity index (χ0) is 37.2. The average Bonchev–Trinajstić information content (AvgIpc) is 3.02. The molecule has 8 aliphatic carbocycles. The van der Waals surface area contributed by atoms with E-state index < -0.39 is 18.9 Å². The minimum atomic E-state index is -1.21. The molecule has 0 radical (unpaired) electrons. The maximum Gasteiger partial charge on any atom is 0.126 e. The fraction of sp³-hybridized carbons (Fsp3) is 0.745. The van der Waals surface area contributed by atoms with Crippen LogP contribution in [-0.4, -0.2) is 37.7 Å². The van der Waals surface area contributed by atoms with Crippen LogP contribution in [0.3, 0.4) is 0 Å². The van der Waals surface area contributed by atoms with Gasteiger partial charge in [-0.15, -0.1) is 0 Å². The Balaban J connectivity index is 1.38. The Bertz CT molecular complexity index is 1560. The Kier molecular flexibility index (Phi) is 9.36. The van der Waals surface area contributed by atoms with Gasteiger partial charge in [-0.05, 0) is 183 Å². The van der Waals surface area contributed by atoms with Gasteiger partial charge in [-0.1, -0.05) is 73.7 Å². The molecule has 3 nitrogen and oxygen atoms in total. The van der Waals surface area contributed by atoms with Crippen molar-refractivity contribution in [1.29, 1.82) is 0 Å². The first-order chi connectivity index (χ1) is 24.3. The quantitative estimate of drug-likeness (QED) is 0.252. The summed E-state index contributed by atoms with van der Waals surface area (Å²) < 4.78 is 23.0. The van der Waals surface area contributed by atoms with Gasteiger partial charge in [0, 0.05) is 18.2 Å². The predicted octanol–water partition coefficient (Wildman–Crippen LogP) is 11.8. The van der Waals surface area contributed by atoms with Crippen molar-refractivity contribution in [1.82, 2.24) is 4.31 Å². The standard InChI is InChI=1S/C47H70NO2PS/c1-43(2,3)38-22-36(23-39(42(38)50-11)44(4,5)6)41(48(10)52(49)45(7,8)9)37-14-12-13-15-40(37)51(46-24-30-16-31(25-46)18-32(17-30)26-46)47-27-33-19-34(28-47)21-35(20-33)29-47/h12-15,22-23,30-35,41H,16-21,24-29H2,1-11H3/t30?,31?,32?,33?,34?,35?,41-,46?,47?,51?,52?/m1/s1. The van der Waals surface area contributed by atoms with Crippen LogP contribution < -0.4 is 10.0 Å². The lowest BCUT2D eigenvalue weighted by Gasteiger charge is -2.67. The lowest BCUT2D eigenvalue weighted by Crippen LogP contribution is -2.58. The van der Waals surface area contributed by atoms with Gasteiger partial charge in [0.2, 0.25) is 0 Å². The molecule has 8 saturated carbocycles. The third-order valence-electron chi connectivity index (χ3n) is 14.8. The molecule has 2 aromatic rings. The molecule has 286 valence electrons. The second-order valence-corrected chi connectivity index (χ2v) is 27.5. The van der Waals surface area contributed by atoms with Crippen molar-refractivity contribution in [2.24, 2.45) is 35.5 Å². The summed E-state index contributed by atoms with van der Waals surface area (Å²) in [4.78, 5) is 0. The van der Waals surface area contributed by atoms with Crippen molar-refractivity contribution >= 4 is 24.2 Å². The highest BCUT2D eigenvalue weighted by Crippen LogP contribution is 2.78. The topological polar surface area (TPSA) is 29.5 Å². The van der Waals surface area contributed by atoms with Crippen molar-refractivity contribution in [3.05, 3.63) is 58.7 Å². The Morgan fingerprint density at radius 1 is 0.692 bits per heavy atom. The van der Waals surface area contributed by atoms with E-state index in [1.807, 2.05) is 7.11 Å². The molecule has 1 unspecified atom stereocenters. The zero-order valence-corrected chi connectivity index (χ0v) is 36.3. The van der Waals surface area contributed by atoms with Crippen LogP contribution in [0, 0.1) is 35.5 Å². The molecule has 2 aromatic carbocycles. The Hall–Kier alpha value is -1.22. The zero-order valence-electron chi connectivity index (χ0n) is 34.6. The molecular weight excluding hydrogens is 674 g/mol. The van der Waals surface area contributed by atoms with Gasteiger partial charge in [0.1, 0.15) is 16.7 Å². The summed E-state index contributed by atoms with van der Waals surface area (Å²) in [5.41, 5.74) is 4.99.